The largest absolute Gasteiger partial charge is 0.354 e. The van der Waals surface area contributed by atoms with Crippen LogP contribution in [-0.4, -0.2) is 29.3 Å². The second kappa shape index (κ2) is 8.57. The number of amides is 2. The molecule has 1 N–H and O–H groups in total. The number of carbonyl (C=O) groups excluding carboxylic acids is 2. The van der Waals surface area contributed by atoms with Crippen LogP contribution in [0.1, 0.15) is 40.2 Å². The van der Waals surface area contributed by atoms with Gasteiger partial charge in [-0.15, -0.1) is 0 Å². The monoisotopic (exact) mass is 304 g/mol. The van der Waals surface area contributed by atoms with Gasteiger partial charge in [0.1, 0.15) is 6.04 Å². The van der Waals surface area contributed by atoms with Crippen LogP contribution in [0.4, 0.5) is 0 Å². The smallest absolute Gasteiger partial charge is 0.242 e. The molecule has 0 aliphatic carbocycles. The van der Waals surface area contributed by atoms with Crippen molar-refractivity contribution in [1.29, 1.82) is 0 Å². The summed E-state index contributed by atoms with van der Waals surface area (Å²) in [6.45, 7) is 10.7. The molecule has 0 spiro atoms. The first-order chi connectivity index (χ1) is 10.3. The van der Waals surface area contributed by atoms with Crippen molar-refractivity contribution in [3.8, 4) is 0 Å². The maximum absolute atomic E-state index is 12.5. The van der Waals surface area contributed by atoms with E-state index in [0.29, 0.717) is 19.0 Å². The molecule has 0 saturated carbocycles. The number of nitrogens with one attached hydrogen (secondary N) is 1. The van der Waals surface area contributed by atoms with Crippen molar-refractivity contribution in [2.45, 2.75) is 47.2 Å². The topological polar surface area (TPSA) is 49.4 Å². The molecule has 22 heavy (non-hydrogen) atoms. The molecule has 1 aromatic carbocycles. The van der Waals surface area contributed by atoms with Crippen LogP contribution >= 0.6 is 0 Å². The van der Waals surface area contributed by atoms with Gasteiger partial charge in [-0.1, -0.05) is 58.0 Å². The number of hydrogen-bond acceptors (Lipinski definition) is 2. The predicted molar refractivity (Wildman–Crippen MR) is 89.1 cm³/mol. The fraction of sp³-hybridized carbons (Fsp3) is 0.556. The van der Waals surface area contributed by atoms with Gasteiger partial charge in [-0.05, 0) is 18.4 Å². The van der Waals surface area contributed by atoms with E-state index < -0.39 is 6.04 Å². The zero-order valence-electron chi connectivity index (χ0n) is 14.3. The molecule has 0 bridgehead atoms. The van der Waals surface area contributed by atoms with Crippen LogP contribution in [0.25, 0.3) is 0 Å². The molecule has 0 aliphatic heterocycles. The summed E-state index contributed by atoms with van der Waals surface area (Å²) in [6.07, 6.45) is 0. The van der Waals surface area contributed by atoms with Gasteiger partial charge >= 0.3 is 0 Å². The molecule has 1 rings (SSSR count). The molecule has 0 aromatic heterocycles. The standard InChI is InChI=1S/C18H28N2O2/c1-13(2)11-19-17(21)15(5)20(18(22)14(3)4)12-16-9-7-6-8-10-16/h6-10,13-15H,11-12H2,1-5H3,(H,19,21)/t15-/m1/s1. The first-order valence-electron chi connectivity index (χ1n) is 7.95. The van der Waals surface area contributed by atoms with Crippen molar-refractivity contribution >= 4 is 11.8 Å². The van der Waals surface area contributed by atoms with E-state index in [1.807, 2.05) is 58.0 Å². The summed E-state index contributed by atoms with van der Waals surface area (Å²) < 4.78 is 0. The molecule has 0 radical (unpaired) electrons. The lowest BCUT2D eigenvalue weighted by molar-refractivity contribution is -0.143. The summed E-state index contributed by atoms with van der Waals surface area (Å²) in [5.74, 6) is 0.151. The van der Waals surface area contributed by atoms with Crippen molar-refractivity contribution < 1.29 is 9.59 Å². The third-order valence-electron chi connectivity index (χ3n) is 3.50. The van der Waals surface area contributed by atoms with Crippen molar-refractivity contribution in [3.05, 3.63) is 35.9 Å². The Kier molecular flexibility index (Phi) is 7.09. The molecular formula is C18H28N2O2. The predicted octanol–water partition coefficient (Wildman–Crippen LogP) is 2.83. The Bertz CT molecular complexity index is 483. The number of hydrogen-bond donors (Lipinski definition) is 1. The summed E-state index contributed by atoms with van der Waals surface area (Å²) in [4.78, 5) is 26.4. The maximum Gasteiger partial charge on any atom is 0.242 e. The molecular weight excluding hydrogens is 276 g/mol. The first-order valence-corrected chi connectivity index (χ1v) is 7.95. The number of carbonyl (C=O) groups is 2. The zero-order chi connectivity index (χ0) is 16.7. The average Bonchev–Trinajstić information content (AvgIpc) is 2.49. The minimum absolute atomic E-state index is 0.00366. The third kappa shape index (κ3) is 5.51. The van der Waals surface area contributed by atoms with E-state index in [1.165, 1.54) is 0 Å². The van der Waals surface area contributed by atoms with Crippen LogP contribution in [0.15, 0.2) is 30.3 Å². The van der Waals surface area contributed by atoms with Crippen LogP contribution in [0.2, 0.25) is 0 Å². The van der Waals surface area contributed by atoms with Gasteiger partial charge in [0.2, 0.25) is 11.8 Å². The van der Waals surface area contributed by atoms with E-state index in [2.05, 4.69) is 5.32 Å². The Morgan fingerprint density at radius 3 is 2.14 bits per heavy atom. The molecule has 4 nitrogen and oxygen atoms in total. The van der Waals surface area contributed by atoms with Gasteiger partial charge < -0.3 is 10.2 Å². The van der Waals surface area contributed by atoms with Gasteiger partial charge in [-0.25, -0.2) is 0 Å². The molecule has 122 valence electrons. The van der Waals surface area contributed by atoms with Crippen LogP contribution in [0.5, 0.6) is 0 Å². The van der Waals surface area contributed by atoms with E-state index in [9.17, 15) is 9.59 Å². The molecule has 1 aromatic rings. The number of benzene rings is 1. The highest BCUT2D eigenvalue weighted by atomic mass is 16.2. The quantitative estimate of drug-likeness (QED) is 0.842. The summed E-state index contributed by atoms with van der Waals surface area (Å²) in [5, 5.41) is 2.91. The maximum atomic E-state index is 12.5. The van der Waals surface area contributed by atoms with Gasteiger partial charge in [0.05, 0.1) is 0 Å². The lowest BCUT2D eigenvalue weighted by Crippen LogP contribution is -2.49. The van der Waals surface area contributed by atoms with Crippen LogP contribution < -0.4 is 5.32 Å². The van der Waals surface area contributed by atoms with Gasteiger partial charge in [0, 0.05) is 19.0 Å². The van der Waals surface area contributed by atoms with Gasteiger partial charge in [0.25, 0.3) is 0 Å². The first kappa shape index (κ1) is 18.2. The van der Waals surface area contributed by atoms with E-state index in [0.717, 1.165) is 5.56 Å². The Morgan fingerprint density at radius 1 is 1.05 bits per heavy atom. The second-order valence-electron chi connectivity index (χ2n) is 6.42. The molecule has 0 saturated heterocycles. The summed E-state index contributed by atoms with van der Waals surface area (Å²) in [5.41, 5.74) is 1.03. The summed E-state index contributed by atoms with van der Waals surface area (Å²) >= 11 is 0. The van der Waals surface area contributed by atoms with Crippen molar-refractivity contribution in [1.82, 2.24) is 10.2 Å². The van der Waals surface area contributed by atoms with Crippen LogP contribution in [-0.2, 0) is 16.1 Å². The Labute approximate surface area is 133 Å². The highest BCUT2D eigenvalue weighted by Crippen LogP contribution is 2.13. The average molecular weight is 304 g/mol. The molecule has 0 aliphatic rings. The molecule has 0 unspecified atom stereocenters. The summed E-state index contributed by atoms with van der Waals surface area (Å²) in [7, 11) is 0. The van der Waals surface area contributed by atoms with Crippen LogP contribution in [0, 0.1) is 11.8 Å². The normalized spacial score (nSPS) is 12.3. The molecule has 0 heterocycles. The van der Waals surface area contributed by atoms with Crippen molar-refractivity contribution in [2.75, 3.05) is 6.54 Å². The minimum Gasteiger partial charge on any atom is -0.354 e. The van der Waals surface area contributed by atoms with Crippen LogP contribution in [0.3, 0.4) is 0 Å². The van der Waals surface area contributed by atoms with E-state index in [-0.39, 0.29) is 17.7 Å². The highest BCUT2D eigenvalue weighted by Gasteiger charge is 2.27. The minimum atomic E-state index is -0.478. The lowest BCUT2D eigenvalue weighted by Gasteiger charge is -2.30. The van der Waals surface area contributed by atoms with Crippen molar-refractivity contribution in [3.63, 3.8) is 0 Å². The molecule has 4 heteroatoms. The fourth-order valence-corrected chi connectivity index (χ4v) is 2.11. The Balaban J connectivity index is 2.85. The van der Waals surface area contributed by atoms with Gasteiger partial charge in [-0.3, -0.25) is 9.59 Å². The second-order valence-corrected chi connectivity index (χ2v) is 6.42. The molecule has 2 amide bonds. The lowest BCUT2D eigenvalue weighted by atomic mass is 10.1. The zero-order valence-corrected chi connectivity index (χ0v) is 14.3. The number of rotatable bonds is 7. The van der Waals surface area contributed by atoms with E-state index in [1.54, 1.807) is 11.8 Å². The highest BCUT2D eigenvalue weighted by molar-refractivity contribution is 5.88. The van der Waals surface area contributed by atoms with Crippen molar-refractivity contribution in [2.24, 2.45) is 11.8 Å². The van der Waals surface area contributed by atoms with Gasteiger partial charge in [-0.2, -0.15) is 0 Å². The molecule has 1 atom stereocenters. The Morgan fingerprint density at radius 2 is 1.64 bits per heavy atom. The van der Waals surface area contributed by atoms with E-state index in [4.69, 9.17) is 0 Å². The molecule has 0 fully saturated rings. The van der Waals surface area contributed by atoms with Gasteiger partial charge in [0.15, 0.2) is 0 Å². The SMILES string of the molecule is CC(C)CNC(=O)[C@@H](C)N(Cc1ccccc1)C(=O)C(C)C. The fourth-order valence-electron chi connectivity index (χ4n) is 2.11. The number of nitrogens with zero attached hydrogens (tertiary/aromatic N) is 1. The van der Waals surface area contributed by atoms with E-state index >= 15 is 0 Å². The Hall–Kier alpha value is -1.84. The third-order valence-corrected chi connectivity index (χ3v) is 3.50. The summed E-state index contributed by atoms with van der Waals surface area (Å²) in [6, 6.07) is 9.29.